The van der Waals surface area contributed by atoms with Gasteiger partial charge in [0.05, 0.1) is 0 Å². The monoisotopic (exact) mass is 245 g/mol. The molecule has 1 aliphatic carbocycles. The first-order chi connectivity index (χ1) is 8.69. The molecule has 0 heterocycles. The highest BCUT2D eigenvalue weighted by molar-refractivity contribution is 5.28. The molecule has 1 fully saturated rings. The number of hydrogen-bond donors (Lipinski definition) is 1. The summed E-state index contributed by atoms with van der Waals surface area (Å²) in [6.45, 7) is 4.39. The molecule has 1 saturated carbocycles. The molecule has 1 aromatic carbocycles. The topological polar surface area (TPSA) is 12.0 Å². The largest absolute Gasteiger partial charge is 0.317 e. The zero-order valence-electron chi connectivity index (χ0n) is 12.1. The Morgan fingerprint density at radius 3 is 2.28 bits per heavy atom. The lowest BCUT2D eigenvalue weighted by Crippen LogP contribution is -2.32. The lowest BCUT2D eigenvalue weighted by atomic mass is 9.92. The van der Waals surface area contributed by atoms with Gasteiger partial charge in [0.25, 0.3) is 0 Å². The van der Waals surface area contributed by atoms with Crippen LogP contribution >= 0.6 is 0 Å². The van der Waals surface area contributed by atoms with Crippen LogP contribution in [0.5, 0.6) is 0 Å². The lowest BCUT2D eigenvalue weighted by Gasteiger charge is -2.23. The van der Waals surface area contributed by atoms with E-state index in [0.717, 1.165) is 5.92 Å². The summed E-state index contributed by atoms with van der Waals surface area (Å²) in [5.74, 6) is 0.918. The average Bonchev–Trinajstić information content (AvgIpc) is 2.82. The summed E-state index contributed by atoms with van der Waals surface area (Å²) < 4.78 is 0. The van der Waals surface area contributed by atoms with Crippen LogP contribution < -0.4 is 5.32 Å². The van der Waals surface area contributed by atoms with E-state index in [-0.39, 0.29) is 0 Å². The van der Waals surface area contributed by atoms with Crippen molar-refractivity contribution in [1.29, 1.82) is 0 Å². The van der Waals surface area contributed by atoms with E-state index in [9.17, 15) is 0 Å². The van der Waals surface area contributed by atoms with Gasteiger partial charge in [-0.2, -0.15) is 0 Å². The minimum atomic E-state index is 0.716. The highest BCUT2D eigenvalue weighted by Gasteiger charge is 2.23. The third-order valence-corrected chi connectivity index (χ3v) is 4.37. The molecule has 1 nitrogen and oxygen atoms in total. The Bertz CT molecular complexity index is 357. The average molecular weight is 245 g/mol. The van der Waals surface area contributed by atoms with E-state index in [1.165, 1.54) is 55.2 Å². The maximum absolute atomic E-state index is 3.54. The fourth-order valence-electron chi connectivity index (χ4n) is 3.51. The summed E-state index contributed by atoms with van der Waals surface area (Å²) in [5.41, 5.74) is 4.30. The van der Waals surface area contributed by atoms with Crippen LogP contribution in [-0.2, 0) is 6.42 Å². The van der Waals surface area contributed by atoms with E-state index in [2.05, 4.69) is 44.4 Å². The van der Waals surface area contributed by atoms with Gasteiger partial charge < -0.3 is 5.32 Å². The van der Waals surface area contributed by atoms with Crippen molar-refractivity contribution in [3.63, 3.8) is 0 Å². The van der Waals surface area contributed by atoms with Crippen molar-refractivity contribution in [2.45, 2.75) is 58.4 Å². The van der Waals surface area contributed by atoms with Gasteiger partial charge in [-0.15, -0.1) is 0 Å². The molecule has 0 aliphatic heterocycles. The summed E-state index contributed by atoms with van der Waals surface area (Å²) in [4.78, 5) is 0. The molecular weight excluding hydrogens is 218 g/mol. The van der Waals surface area contributed by atoms with Crippen LogP contribution in [0.15, 0.2) is 18.2 Å². The van der Waals surface area contributed by atoms with Gasteiger partial charge in [0.15, 0.2) is 0 Å². The van der Waals surface area contributed by atoms with E-state index in [4.69, 9.17) is 0 Å². The first-order valence-corrected chi connectivity index (χ1v) is 7.43. The van der Waals surface area contributed by atoms with Crippen molar-refractivity contribution >= 4 is 0 Å². The summed E-state index contributed by atoms with van der Waals surface area (Å²) >= 11 is 0. The Labute approximate surface area is 112 Å². The zero-order valence-corrected chi connectivity index (χ0v) is 12.1. The highest BCUT2D eigenvalue weighted by Crippen LogP contribution is 2.29. The maximum atomic E-state index is 3.54. The van der Waals surface area contributed by atoms with Gasteiger partial charge in [0, 0.05) is 6.04 Å². The van der Waals surface area contributed by atoms with Crippen LogP contribution in [0.3, 0.4) is 0 Å². The quantitative estimate of drug-likeness (QED) is 0.826. The Morgan fingerprint density at radius 1 is 1.11 bits per heavy atom. The molecule has 1 unspecified atom stereocenters. The Balaban J connectivity index is 1.92. The van der Waals surface area contributed by atoms with Crippen LogP contribution in [0.2, 0.25) is 0 Å². The van der Waals surface area contributed by atoms with Crippen molar-refractivity contribution < 1.29 is 0 Å². The van der Waals surface area contributed by atoms with E-state index in [0.29, 0.717) is 6.04 Å². The summed E-state index contributed by atoms with van der Waals surface area (Å²) in [5, 5.41) is 3.54. The number of aryl methyl sites for hydroxylation is 3. The van der Waals surface area contributed by atoms with Gasteiger partial charge in [-0.05, 0) is 58.1 Å². The van der Waals surface area contributed by atoms with Crippen molar-refractivity contribution in [3.05, 3.63) is 34.9 Å². The standard InChI is InChI=1S/C17H27N/c1-13-10-14(2)12-15(11-13)8-9-17(18-3)16-6-4-5-7-16/h10-12,16-18H,4-9H2,1-3H3. The zero-order chi connectivity index (χ0) is 13.0. The molecule has 1 heteroatoms. The van der Waals surface area contributed by atoms with Crippen LogP contribution in [0, 0.1) is 19.8 Å². The molecule has 18 heavy (non-hydrogen) atoms. The fraction of sp³-hybridized carbons (Fsp3) is 0.647. The van der Waals surface area contributed by atoms with E-state index in [1.807, 2.05) is 0 Å². The summed E-state index contributed by atoms with van der Waals surface area (Å²) in [7, 11) is 2.13. The van der Waals surface area contributed by atoms with Gasteiger partial charge in [-0.1, -0.05) is 42.2 Å². The number of benzene rings is 1. The minimum absolute atomic E-state index is 0.716. The molecular formula is C17H27N. The molecule has 0 radical (unpaired) electrons. The number of rotatable bonds is 5. The van der Waals surface area contributed by atoms with Crippen molar-refractivity contribution in [2.24, 2.45) is 5.92 Å². The summed E-state index contributed by atoms with van der Waals surface area (Å²) in [6.07, 6.45) is 8.23. The second-order valence-corrected chi connectivity index (χ2v) is 5.97. The first kappa shape index (κ1) is 13.6. The van der Waals surface area contributed by atoms with E-state index >= 15 is 0 Å². The highest BCUT2D eigenvalue weighted by atomic mass is 14.9. The Hall–Kier alpha value is -0.820. The molecule has 0 aromatic heterocycles. The lowest BCUT2D eigenvalue weighted by molar-refractivity contribution is 0.360. The summed E-state index contributed by atoms with van der Waals surface area (Å²) in [6, 6.07) is 7.66. The SMILES string of the molecule is CNC(CCc1cc(C)cc(C)c1)C1CCCC1. The molecule has 100 valence electrons. The second kappa shape index (κ2) is 6.38. The number of hydrogen-bond acceptors (Lipinski definition) is 1. The maximum Gasteiger partial charge on any atom is 0.00954 e. The second-order valence-electron chi connectivity index (χ2n) is 5.97. The van der Waals surface area contributed by atoms with E-state index in [1.54, 1.807) is 0 Å². The first-order valence-electron chi connectivity index (χ1n) is 7.43. The van der Waals surface area contributed by atoms with Gasteiger partial charge in [0.2, 0.25) is 0 Å². The molecule has 1 aliphatic rings. The number of nitrogens with one attached hydrogen (secondary N) is 1. The van der Waals surface area contributed by atoms with Crippen molar-refractivity contribution in [1.82, 2.24) is 5.32 Å². The molecule has 0 bridgehead atoms. The van der Waals surface area contributed by atoms with Crippen LogP contribution in [0.25, 0.3) is 0 Å². The Kier molecular flexibility index (Phi) is 4.82. The van der Waals surface area contributed by atoms with Crippen molar-refractivity contribution in [3.8, 4) is 0 Å². The van der Waals surface area contributed by atoms with Crippen LogP contribution in [0.4, 0.5) is 0 Å². The third kappa shape index (κ3) is 3.58. The molecule has 1 atom stereocenters. The predicted octanol–water partition coefficient (Wildman–Crippen LogP) is 4.01. The molecule has 0 spiro atoms. The van der Waals surface area contributed by atoms with E-state index < -0.39 is 0 Å². The van der Waals surface area contributed by atoms with Crippen LogP contribution in [-0.4, -0.2) is 13.1 Å². The normalized spacial score (nSPS) is 18.2. The van der Waals surface area contributed by atoms with Gasteiger partial charge >= 0.3 is 0 Å². The molecule has 0 saturated heterocycles. The van der Waals surface area contributed by atoms with Gasteiger partial charge in [-0.25, -0.2) is 0 Å². The molecule has 1 aromatic rings. The third-order valence-electron chi connectivity index (χ3n) is 4.37. The molecule has 1 N–H and O–H groups in total. The molecule has 2 rings (SSSR count). The molecule has 0 amide bonds. The smallest absolute Gasteiger partial charge is 0.00954 e. The van der Waals surface area contributed by atoms with Crippen LogP contribution in [0.1, 0.15) is 48.8 Å². The minimum Gasteiger partial charge on any atom is -0.317 e. The predicted molar refractivity (Wildman–Crippen MR) is 79.0 cm³/mol. The van der Waals surface area contributed by atoms with Gasteiger partial charge in [-0.3, -0.25) is 0 Å². The fourth-order valence-corrected chi connectivity index (χ4v) is 3.51. The van der Waals surface area contributed by atoms with Gasteiger partial charge in [0.1, 0.15) is 0 Å². The van der Waals surface area contributed by atoms with Crippen molar-refractivity contribution in [2.75, 3.05) is 7.05 Å². The Morgan fingerprint density at radius 2 is 1.72 bits per heavy atom.